The zero-order valence-electron chi connectivity index (χ0n) is 15.5. The lowest BCUT2D eigenvalue weighted by molar-refractivity contribution is 0.0954. The summed E-state index contributed by atoms with van der Waals surface area (Å²) in [5.41, 5.74) is 3.77. The molecule has 7 nitrogen and oxygen atoms in total. The first-order valence-electron chi connectivity index (χ1n) is 8.91. The lowest BCUT2D eigenvalue weighted by Crippen LogP contribution is -2.25. The Morgan fingerprint density at radius 1 is 1.10 bits per heavy atom. The molecule has 0 fully saturated rings. The predicted molar refractivity (Wildman–Crippen MR) is 108 cm³/mol. The van der Waals surface area contributed by atoms with Crippen molar-refractivity contribution in [2.75, 3.05) is 13.1 Å². The first kappa shape index (κ1) is 19.5. The monoisotopic (exact) mass is 386 g/mol. The number of H-pyrrole nitrogens is 1. The van der Waals surface area contributed by atoms with Crippen LogP contribution in [0.4, 0.5) is 4.79 Å². The minimum atomic E-state index is -1.12. The minimum Gasteiger partial charge on any atom is -0.465 e. The zero-order valence-corrected chi connectivity index (χ0v) is 15.5. The van der Waals surface area contributed by atoms with E-state index in [9.17, 15) is 9.59 Å². The fourth-order valence-corrected chi connectivity index (χ4v) is 2.81. The number of amides is 2. The fraction of sp³-hybridized carbons (Fsp3) is 0.136. The van der Waals surface area contributed by atoms with Gasteiger partial charge in [-0.2, -0.15) is 5.26 Å². The number of aromatic amines is 1. The van der Waals surface area contributed by atoms with Crippen LogP contribution in [0.3, 0.4) is 0 Å². The summed E-state index contributed by atoms with van der Waals surface area (Å²) in [5, 5.41) is 23.5. The van der Waals surface area contributed by atoms with Crippen LogP contribution in [0.15, 0.2) is 48.7 Å². The molecule has 0 radical (unpaired) electrons. The van der Waals surface area contributed by atoms with Crippen LogP contribution in [0.5, 0.6) is 0 Å². The van der Waals surface area contributed by atoms with Gasteiger partial charge in [0.05, 0.1) is 12.1 Å². The Bertz CT molecular complexity index is 1140. The van der Waals surface area contributed by atoms with Crippen molar-refractivity contribution in [2.45, 2.75) is 6.42 Å². The topological polar surface area (TPSA) is 118 Å². The number of aromatic nitrogens is 1. The van der Waals surface area contributed by atoms with Crippen molar-refractivity contribution < 1.29 is 14.7 Å². The Balaban J connectivity index is 1.53. The van der Waals surface area contributed by atoms with E-state index in [1.54, 1.807) is 30.5 Å². The van der Waals surface area contributed by atoms with Crippen molar-refractivity contribution in [3.8, 4) is 17.9 Å². The quantitative estimate of drug-likeness (QED) is 0.504. The summed E-state index contributed by atoms with van der Waals surface area (Å²) < 4.78 is 0. The standard InChI is InChI=1S/C22H18N4O3/c23-13-18-14-26-20-8-5-16(12-19(18)20)9-11-24-21(27)17-6-3-15(4-7-17)2-1-10-25-22(28)29/h3-8,12,14,25-26H,9-11H2,(H,24,27)(H,28,29). The molecule has 4 N–H and O–H groups in total. The molecule has 0 aliphatic rings. The molecule has 0 saturated carbocycles. The molecular formula is C22H18N4O3. The molecule has 29 heavy (non-hydrogen) atoms. The van der Waals surface area contributed by atoms with Crippen LogP contribution in [-0.4, -0.2) is 35.2 Å². The van der Waals surface area contributed by atoms with Crippen LogP contribution >= 0.6 is 0 Å². The van der Waals surface area contributed by atoms with Gasteiger partial charge in [-0.3, -0.25) is 4.79 Å². The Labute approximate surface area is 167 Å². The average molecular weight is 386 g/mol. The van der Waals surface area contributed by atoms with E-state index in [2.05, 4.69) is 33.5 Å². The van der Waals surface area contributed by atoms with Gasteiger partial charge in [0.25, 0.3) is 5.91 Å². The maximum Gasteiger partial charge on any atom is 0.405 e. The number of benzene rings is 2. The molecule has 0 unspecified atom stereocenters. The van der Waals surface area contributed by atoms with Crippen LogP contribution in [0.2, 0.25) is 0 Å². The van der Waals surface area contributed by atoms with Gasteiger partial charge >= 0.3 is 6.09 Å². The molecule has 0 aliphatic heterocycles. The third-order valence-electron chi connectivity index (χ3n) is 4.27. The van der Waals surface area contributed by atoms with Crippen molar-refractivity contribution in [2.24, 2.45) is 0 Å². The van der Waals surface area contributed by atoms with E-state index in [1.165, 1.54) is 0 Å². The van der Waals surface area contributed by atoms with Crippen LogP contribution in [0.25, 0.3) is 10.9 Å². The number of nitrogens with zero attached hydrogens (tertiary/aromatic N) is 1. The second kappa shape index (κ2) is 9.12. The highest BCUT2D eigenvalue weighted by atomic mass is 16.4. The molecule has 3 rings (SSSR count). The second-order valence-electron chi connectivity index (χ2n) is 6.24. The Morgan fingerprint density at radius 2 is 1.90 bits per heavy atom. The highest BCUT2D eigenvalue weighted by molar-refractivity contribution is 5.94. The van der Waals surface area contributed by atoms with E-state index in [4.69, 9.17) is 10.4 Å². The summed E-state index contributed by atoms with van der Waals surface area (Å²) in [6.07, 6.45) is 1.22. The molecule has 0 aliphatic carbocycles. The van der Waals surface area contributed by atoms with Gasteiger partial charge in [-0.05, 0) is 48.4 Å². The predicted octanol–water partition coefficient (Wildman–Crippen LogP) is 2.63. The fourth-order valence-electron chi connectivity index (χ4n) is 2.81. The molecule has 3 aromatic rings. The van der Waals surface area contributed by atoms with Crippen molar-refractivity contribution in [1.82, 2.24) is 15.6 Å². The number of carbonyl (C=O) groups is 2. The van der Waals surface area contributed by atoms with Gasteiger partial charge in [-0.15, -0.1) is 0 Å². The SMILES string of the molecule is N#Cc1c[nH]c2ccc(CCNC(=O)c3ccc(C#CCNC(=O)O)cc3)cc12. The summed E-state index contributed by atoms with van der Waals surface area (Å²) in [6.45, 7) is 0.515. The van der Waals surface area contributed by atoms with Gasteiger partial charge < -0.3 is 20.7 Å². The average Bonchev–Trinajstić information content (AvgIpc) is 3.14. The normalized spacial score (nSPS) is 9.90. The molecule has 0 spiro atoms. The first-order chi connectivity index (χ1) is 14.1. The molecule has 0 saturated heterocycles. The Morgan fingerprint density at radius 3 is 2.62 bits per heavy atom. The van der Waals surface area contributed by atoms with E-state index in [-0.39, 0.29) is 12.5 Å². The smallest absolute Gasteiger partial charge is 0.405 e. The van der Waals surface area contributed by atoms with Gasteiger partial charge in [0.1, 0.15) is 6.07 Å². The number of hydrogen-bond acceptors (Lipinski definition) is 3. The van der Waals surface area contributed by atoms with Crippen LogP contribution in [0.1, 0.15) is 27.0 Å². The number of carbonyl (C=O) groups excluding carboxylic acids is 1. The van der Waals surface area contributed by atoms with Crippen molar-refractivity contribution in [3.63, 3.8) is 0 Å². The summed E-state index contributed by atoms with van der Waals surface area (Å²) >= 11 is 0. The zero-order chi connectivity index (χ0) is 20.6. The first-order valence-corrected chi connectivity index (χ1v) is 8.91. The highest BCUT2D eigenvalue weighted by Gasteiger charge is 2.06. The Kier molecular flexibility index (Phi) is 6.14. The second-order valence-corrected chi connectivity index (χ2v) is 6.24. The number of rotatable bonds is 5. The molecule has 2 aromatic carbocycles. The molecule has 1 aromatic heterocycles. The maximum atomic E-state index is 12.3. The molecule has 0 bridgehead atoms. The van der Waals surface area contributed by atoms with Gasteiger partial charge in [0, 0.05) is 34.8 Å². The third kappa shape index (κ3) is 5.15. The van der Waals surface area contributed by atoms with Gasteiger partial charge in [0.15, 0.2) is 0 Å². The van der Waals surface area contributed by atoms with Gasteiger partial charge in [0.2, 0.25) is 0 Å². The van der Waals surface area contributed by atoms with E-state index in [0.29, 0.717) is 29.7 Å². The summed E-state index contributed by atoms with van der Waals surface area (Å²) in [7, 11) is 0. The summed E-state index contributed by atoms with van der Waals surface area (Å²) in [5.74, 6) is 5.32. The van der Waals surface area contributed by atoms with Crippen LogP contribution in [-0.2, 0) is 6.42 Å². The van der Waals surface area contributed by atoms with Gasteiger partial charge in [-0.25, -0.2) is 4.79 Å². The highest BCUT2D eigenvalue weighted by Crippen LogP contribution is 2.19. The largest absolute Gasteiger partial charge is 0.465 e. The van der Waals surface area contributed by atoms with Crippen LogP contribution < -0.4 is 10.6 Å². The van der Waals surface area contributed by atoms with E-state index in [1.807, 2.05) is 18.2 Å². The van der Waals surface area contributed by atoms with E-state index >= 15 is 0 Å². The number of hydrogen-bond donors (Lipinski definition) is 4. The van der Waals surface area contributed by atoms with Crippen molar-refractivity contribution in [1.29, 1.82) is 5.26 Å². The summed E-state index contributed by atoms with van der Waals surface area (Å²) in [6, 6.07) is 14.8. The molecule has 0 atom stereocenters. The Hall–Kier alpha value is -4.23. The summed E-state index contributed by atoms with van der Waals surface area (Å²) in [4.78, 5) is 25.7. The number of fused-ring (bicyclic) bond motifs is 1. The van der Waals surface area contributed by atoms with Gasteiger partial charge in [-0.1, -0.05) is 17.9 Å². The molecular weight excluding hydrogens is 368 g/mol. The molecule has 144 valence electrons. The minimum absolute atomic E-state index is 0.0436. The van der Waals surface area contributed by atoms with Crippen molar-refractivity contribution in [3.05, 3.63) is 70.9 Å². The van der Waals surface area contributed by atoms with E-state index in [0.717, 1.165) is 16.5 Å². The van der Waals surface area contributed by atoms with Crippen LogP contribution in [0, 0.1) is 23.2 Å². The number of nitriles is 1. The van der Waals surface area contributed by atoms with Crippen molar-refractivity contribution >= 4 is 22.9 Å². The number of nitrogens with one attached hydrogen (secondary N) is 3. The lowest BCUT2D eigenvalue weighted by atomic mass is 10.1. The third-order valence-corrected chi connectivity index (χ3v) is 4.27. The maximum absolute atomic E-state index is 12.3. The number of carboxylic acid groups (broad SMARTS) is 1. The molecule has 1 heterocycles. The lowest BCUT2D eigenvalue weighted by Gasteiger charge is -2.06. The van der Waals surface area contributed by atoms with E-state index < -0.39 is 6.09 Å². The molecule has 2 amide bonds. The molecule has 7 heteroatoms.